The normalized spacial score (nSPS) is 18.7. The Morgan fingerprint density at radius 1 is 1.00 bits per heavy atom. The maximum absolute atomic E-state index is 13.1. The summed E-state index contributed by atoms with van der Waals surface area (Å²) in [5, 5.41) is 3.05. The second kappa shape index (κ2) is 10.8. The van der Waals surface area contributed by atoms with Crippen LogP contribution in [0.4, 0.5) is 5.82 Å². The molecule has 6 nitrogen and oxygen atoms in total. The molecule has 2 aromatic carbocycles. The molecule has 6 heteroatoms. The van der Waals surface area contributed by atoms with Crippen molar-refractivity contribution in [3.05, 3.63) is 78.0 Å². The lowest BCUT2D eigenvalue weighted by Gasteiger charge is -2.34. The fourth-order valence-electron chi connectivity index (χ4n) is 4.90. The van der Waals surface area contributed by atoms with Crippen molar-refractivity contribution in [2.75, 3.05) is 31.1 Å². The summed E-state index contributed by atoms with van der Waals surface area (Å²) in [4.78, 5) is 24.9. The van der Waals surface area contributed by atoms with E-state index in [1.165, 1.54) is 5.56 Å². The molecule has 176 valence electrons. The summed E-state index contributed by atoms with van der Waals surface area (Å²) < 4.78 is 5.67. The lowest BCUT2D eigenvalue weighted by molar-refractivity contribution is 0.0857. The van der Waals surface area contributed by atoms with Gasteiger partial charge in [-0.25, -0.2) is 9.97 Å². The summed E-state index contributed by atoms with van der Waals surface area (Å²) in [6.45, 7) is 3.07. The Balaban J connectivity index is 1.33. The number of rotatable bonds is 7. The van der Waals surface area contributed by atoms with E-state index < -0.39 is 0 Å². The van der Waals surface area contributed by atoms with Gasteiger partial charge < -0.3 is 15.0 Å². The van der Waals surface area contributed by atoms with E-state index in [0.717, 1.165) is 63.2 Å². The first kappa shape index (κ1) is 22.5. The quantitative estimate of drug-likeness (QED) is 0.567. The molecule has 1 amide bonds. The molecule has 0 saturated carbocycles. The Hall–Kier alpha value is -3.25. The van der Waals surface area contributed by atoms with Crippen LogP contribution in [0.5, 0.6) is 0 Å². The molecule has 0 spiro atoms. The highest BCUT2D eigenvalue weighted by molar-refractivity contribution is 5.99. The zero-order chi connectivity index (χ0) is 23.2. The van der Waals surface area contributed by atoms with Crippen LogP contribution in [0.1, 0.15) is 41.6 Å². The lowest BCUT2D eigenvalue weighted by atomic mass is 9.90. The molecule has 2 fully saturated rings. The number of hydrogen-bond donors (Lipinski definition) is 1. The van der Waals surface area contributed by atoms with Gasteiger partial charge in [-0.15, -0.1) is 0 Å². The number of nitrogens with one attached hydrogen (secondary N) is 1. The Kier molecular flexibility index (Phi) is 7.15. The summed E-state index contributed by atoms with van der Waals surface area (Å²) in [5.74, 6) is 1.90. The van der Waals surface area contributed by atoms with Gasteiger partial charge in [0, 0.05) is 38.0 Å². The number of hydrogen-bond acceptors (Lipinski definition) is 5. The second-order valence-electron chi connectivity index (χ2n) is 9.26. The van der Waals surface area contributed by atoms with Gasteiger partial charge in [-0.2, -0.15) is 0 Å². The molecule has 34 heavy (non-hydrogen) atoms. The van der Waals surface area contributed by atoms with E-state index in [-0.39, 0.29) is 12.0 Å². The van der Waals surface area contributed by atoms with E-state index in [2.05, 4.69) is 45.5 Å². The Morgan fingerprint density at radius 3 is 2.44 bits per heavy atom. The van der Waals surface area contributed by atoms with Crippen LogP contribution in [0, 0.1) is 5.92 Å². The molecule has 5 rings (SSSR count). The first-order valence-corrected chi connectivity index (χ1v) is 12.4. The number of carbonyl (C=O) groups is 1. The number of carbonyl (C=O) groups excluding carboxylic acids is 1. The summed E-state index contributed by atoms with van der Waals surface area (Å²) >= 11 is 0. The van der Waals surface area contributed by atoms with Crippen LogP contribution >= 0.6 is 0 Å². The van der Waals surface area contributed by atoms with Gasteiger partial charge in [-0.1, -0.05) is 60.7 Å². The van der Waals surface area contributed by atoms with E-state index in [0.29, 0.717) is 23.9 Å². The van der Waals surface area contributed by atoms with Gasteiger partial charge in [-0.3, -0.25) is 4.79 Å². The predicted octanol–water partition coefficient (Wildman–Crippen LogP) is 4.51. The molecule has 3 aromatic rings. The lowest BCUT2D eigenvalue weighted by Crippen LogP contribution is -2.38. The van der Waals surface area contributed by atoms with Gasteiger partial charge >= 0.3 is 0 Å². The second-order valence-corrected chi connectivity index (χ2v) is 9.26. The van der Waals surface area contributed by atoms with Crippen molar-refractivity contribution in [1.29, 1.82) is 0 Å². The molecule has 1 N–H and O–H groups in total. The highest BCUT2D eigenvalue weighted by atomic mass is 16.5. The first-order chi connectivity index (χ1) is 16.8. The third kappa shape index (κ3) is 5.45. The molecule has 0 aliphatic carbocycles. The average Bonchev–Trinajstić information content (AvgIpc) is 3.42. The summed E-state index contributed by atoms with van der Waals surface area (Å²) in [7, 11) is 0. The van der Waals surface area contributed by atoms with Crippen molar-refractivity contribution < 1.29 is 9.53 Å². The van der Waals surface area contributed by atoms with Crippen molar-refractivity contribution in [3.8, 4) is 11.4 Å². The van der Waals surface area contributed by atoms with Gasteiger partial charge in [0.2, 0.25) is 0 Å². The van der Waals surface area contributed by atoms with Gasteiger partial charge in [0.15, 0.2) is 5.82 Å². The number of aromatic nitrogens is 2. The van der Waals surface area contributed by atoms with Crippen LogP contribution < -0.4 is 10.2 Å². The van der Waals surface area contributed by atoms with Crippen molar-refractivity contribution in [1.82, 2.24) is 15.3 Å². The van der Waals surface area contributed by atoms with Crippen molar-refractivity contribution >= 4 is 11.7 Å². The van der Waals surface area contributed by atoms with Crippen LogP contribution in [0.2, 0.25) is 0 Å². The largest absolute Gasteiger partial charge is 0.376 e. The van der Waals surface area contributed by atoms with Gasteiger partial charge in [0.25, 0.3) is 5.91 Å². The molecular weight excluding hydrogens is 424 g/mol. The van der Waals surface area contributed by atoms with E-state index in [1.807, 2.05) is 30.3 Å². The zero-order valence-corrected chi connectivity index (χ0v) is 19.5. The van der Waals surface area contributed by atoms with Crippen LogP contribution in [0.3, 0.4) is 0 Å². The predicted molar refractivity (Wildman–Crippen MR) is 134 cm³/mol. The smallest absolute Gasteiger partial charge is 0.256 e. The minimum Gasteiger partial charge on any atom is -0.376 e. The Morgan fingerprint density at radius 2 is 1.74 bits per heavy atom. The topological polar surface area (TPSA) is 67.3 Å². The highest BCUT2D eigenvalue weighted by Gasteiger charge is 2.26. The average molecular weight is 457 g/mol. The van der Waals surface area contributed by atoms with E-state index >= 15 is 0 Å². The molecule has 1 atom stereocenters. The third-order valence-corrected chi connectivity index (χ3v) is 6.84. The molecule has 0 bridgehead atoms. The van der Waals surface area contributed by atoms with Gasteiger partial charge in [0.05, 0.1) is 6.10 Å². The number of nitrogens with zero attached hydrogens (tertiary/aromatic N) is 3. The number of benzene rings is 2. The van der Waals surface area contributed by atoms with Crippen LogP contribution in [0.25, 0.3) is 11.4 Å². The van der Waals surface area contributed by atoms with Crippen molar-refractivity contribution in [2.45, 2.75) is 38.2 Å². The van der Waals surface area contributed by atoms with Gasteiger partial charge in [0.1, 0.15) is 11.4 Å². The third-order valence-electron chi connectivity index (χ3n) is 6.84. The molecule has 1 aromatic heterocycles. The molecule has 0 radical (unpaired) electrons. The highest BCUT2D eigenvalue weighted by Crippen LogP contribution is 2.28. The minimum atomic E-state index is -0.128. The summed E-state index contributed by atoms with van der Waals surface area (Å²) in [5.41, 5.74) is 2.89. The standard InChI is InChI=1S/C28H32N4O2/c33-28(30-19-24-12-7-17-34-24)25-20-29-26(23-10-5-2-6-11-23)31-27(25)32-15-13-22(14-16-32)18-21-8-3-1-4-9-21/h1-6,8-11,20,22,24H,7,12-19H2,(H,30,33). The number of ether oxygens (including phenoxy) is 1. The molecule has 2 aliphatic heterocycles. The number of anilines is 1. The van der Waals surface area contributed by atoms with Crippen LogP contribution in [-0.4, -0.2) is 48.2 Å². The van der Waals surface area contributed by atoms with E-state index in [1.54, 1.807) is 6.20 Å². The molecule has 3 heterocycles. The SMILES string of the molecule is O=C(NCC1CCCO1)c1cnc(-c2ccccc2)nc1N1CCC(Cc2ccccc2)CC1. The van der Waals surface area contributed by atoms with Crippen LogP contribution in [0.15, 0.2) is 66.9 Å². The zero-order valence-electron chi connectivity index (χ0n) is 19.5. The maximum atomic E-state index is 13.1. The summed E-state index contributed by atoms with van der Waals surface area (Å²) in [6, 6.07) is 20.6. The monoisotopic (exact) mass is 456 g/mol. The Bertz CT molecular complexity index is 1080. The molecule has 2 saturated heterocycles. The molecular formula is C28H32N4O2. The van der Waals surface area contributed by atoms with E-state index in [4.69, 9.17) is 9.72 Å². The van der Waals surface area contributed by atoms with Crippen molar-refractivity contribution in [3.63, 3.8) is 0 Å². The minimum absolute atomic E-state index is 0.102. The first-order valence-electron chi connectivity index (χ1n) is 12.4. The van der Waals surface area contributed by atoms with Gasteiger partial charge in [-0.05, 0) is 43.6 Å². The Labute approximate surface area is 201 Å². The maximum Gasteiger partial charge on any atom is 0.256 e. The van der Waals surface area contributed by atoms with Crippen LogP contribution in [-0.2, 0) is 11.2 Å². The number of amides is 1. The number of piperidine rings is 1. The van der Waals surface area contributed by atoms with E-state index in [9.17, 15) is 4.79 Å². The fourth-order valence-corrected chi connectivity index (χ4v) is 4.90. The molecule has 1 unspecified atom stereocenters. The van der Waals surface area contributed by atoms with Crippen molar-refractivity contribution in [2.24, 2.45) is 5.92 Å². The summed E-state index contributed by atoms with van der Waals surface area (Å²) in [6.07, 6.45) is 7.09. The molecule has 2 aliphatic rings. The fraction of sp³-hybridized carbons (Fsp3) is 0.393.